The molecule has 1 heterocycles. The van der Waals surface area contributed by atoms with Crippen LogP contribution in [0.25, 0.3) is 0 Å². The molecule has 1 aliphatic rings. The van der Waals surface area contributed by atoms with E-state index in [1.807, 2.05) is 0 Å². The number of halogens is 1. The van der Waals surface area contributed by atoms with E-state index in [0.717, 1.165) is 12.8 Å². The van der Waals surface area contributed by atoms with E-state index in [2.05, 4.69) is 5.32 Å². The molecule has 0 spiro atoms. The van der Waals surface area contributed by atoms with Crippen LogP contribution in [0.15, 0.2) is 24.3 Å². The van der Waals surface area contributed by atoms with Crippen LogP contribution in [0.5, 0.6) is 0 Å². The van der Waals surface area contributed by atoms with Gasteiger partial charge in [0.2, 0.25) is 0 Å². The Labute approximate surface area is 129 Å². The largest absolute Gasteiger partial charge is 0.453 e. The fraction of sp³-hybridized carbons (Fsp3) is 0.467. The summed E-state index contributed by atoms with van der Waals surface area (Å²) in [4.78, 5) is 25.0. The van der Waals surface area contributed by atoms with Gasteiger partial charge in [-0.05, 0) is 43.0 Å². The zero-order chi connectivity index (χ0) is 15.2. The van der Waals surface area contributed by atoms with Crippen LogP contribution in [0.3, 0.4) is 0 Å². The number of carbonyl (C=O) groups excluding carboxylic acids is 2. The molecule has 1 aromatic rings. The number of hydrogen-bond acceptors (Lipinski definition) is 3. The number of amides is 2. The summed E-state index contributed by atoms with van der Waals surface area (Å²) in [5, 5.41) is 3.54. The van der Waals surface area contributed by atoms with Crippen molar-refractivity contribution < 1.29 is 14.3 Å². The SMILES string of the molecule is COC(=O)N1CCC(CNC(=O)c2ccc(Cl)cc2)CC1. The van der Waals surface area contributed by atoms with E-state index in [1.54, 1.807) is 29.2 Å². The number of methoxy groups -OCH3 is 1. The number of ether oxygens (including phenoxy) is 1. The number of piperidine rings is 1. The van der Waals surface area contributed by atoms with Gasteiger partial charge in [-0.1, -0.05) is 11.6 Å². The lowest BCUT2D eigenvalue weighted by Gasteiger charge is -2.30. The Morgan fingerprint density at radius 2 is 1.90 bits per heavy atom. The molecule has 1 saturated heterocycles. The second-order valence-corrected chi connectivity index (χ2v) is 5.55. The molecule has 21 heavy (non-hydrogen) atoms. The van der Waals surface area contributed by atoms with Crippen LogP contribution in [-0.4, -0.2) is 43.6 Å². The van der Waals surface area contributed by atoms with Crippen LogP contribution in [0, 0.1) is 5.92 Å². The average molecular weight is 311 g/mol. The average Bonchev–Trinajstić information content (AvgIpc) is 2.53. The number of hydrogen-bond donors (Lipinski definition) is 1. The lowest BCUT2D eigenvalue weighted by molar-refractivity contribution is 0.0914. The number of nitrogens with zero attached hydrogens (tertiary/aromatic N) is 1. The van der Waals surface area contributed by atoms with E-state index in [1.165, 1.54) is 7.11 Å². The van der Waals surface area contributed by atoms with Crippen molar-refractivity contribution in [1.82, 2.24) is 10.2 Å². The van der Waals surface area contributed by atoms with Crippen molar-refractivity contribution in [1.29, 1.82) is 0 Å². The number of rotatable bonds is 3. The highest BCUT2D eigenvalue weighted by Crippen LogP contribution is 2.17. The highest BCUT2D eigenvalue weighted by Gasteiger charge is 2.23. The van der Waals surface area contributed by atoms with E-state index in [9.17, 15) is 9.59 Å². The van der Waals surface area contributed by atoms with Crippen LogP contribution < -0.4 is 5.32 Å². The quantitative estimate of drug-likeness (QED) is 0.933. The maximum absolute atomic E-state index is 12.0. The van der Waals surface area contributed by atoms with Gasteiger partial charge >= 0.3 is 6.09 Å². The third kappa shape index (κ3) is 4.36. The Morgan fingerprint density at radius 3 is 2.48 bits per heavy atom. The van der Waals surface area contributed by atoms with Gasteiger partial charge in [0.15, 0.2) is 0 Å². The minimum Gasteiger partial charge on any atom is -0.453 e. The molecule has 0 radical (unpaired) electrons. The van der Waals surface area contributed by atoms with Crippen molar-refractivity contribution in [3.63, 3.8) is 0 Å². The number of nitrogens with one attached hydrogen (secondary N) is 1. The summed E-state index contributed by atoms with van der Waals surface area (Å²) < 4.78 is 4.70. The highest BCUT2D eigenvalue weighted by atomic mass is 35.5. The Kier molecular flexibility index (Phi) is 5.44. The Bertz CT molecular complexity index is 496. The zero-order valence-electron chi connectivity index (χ0n) is 12.0. The van der Waals surface area contributed by atoms with Crippen molar-refractivity contribution in [3.8, 4) is 0 Å². The number of likely N-dealkylation sites (tertiary alicyclic amines) is 1. The van der Waals surface area contributed by atoms with Crippen molar-refractivity contribution in [2.24, 2.45) is 5.92 Å². The summed E-state index contributed by atoms with van der Waals surface area (Å²) in [5.74, 6) is 0.296. The van der Waals surface area contributed by atoms with Gasteiger partial charge in [0.25, 0.3) is 5.91 Å². The fourth-order valence-corrected chi connectivity index (χ4v) is 2.52. The van der Waals surface area contributed by atoms with Crippen molar-refractivity contribution in [2.75, 3.05) is 26.7 Å². The molecule has 5 nitrogen and oxygen atoms in total. The summed E-state index contributed by atoms with van der Waals surface area (Å²) in [6.07, 6.45) is 1.46. The summed E-state index contributed by atoms with van der Waals surface area (Å²) in [6, 6.07) is 6.81. The number of carbonyl (C=O) groups is 2. The molecule has 1 aromatic carbocycles. The van der Waals surface area contributed by atoms with Crippen LogP contribution >= 0.6 is 11.6 Å². The third-order valence-electron chi connectivity index (χ3n) is 3.71. The second kappa shape index (κ2) is 7.31. The molecule has 2 amide bonds. The molecule has 1 fully saturated rings. The first-order chi connectivity index (χ1) is 10.1. The molecule has 0 atom stereocenters. The van der Waals surface area contributed by atoms with Gasteiger partial charge in [-0.15, -0.1) is 0 Å². The lowest BCUT2D eigenvalue weighted by Crippen LogP contribution is -2.41. The predicted octanol–water partition coefficient (Wildman–Crippen LogP) is 2.55. The molecule has 0 aromatic heterocycles. The van der Waals surface area contributed by atoms with Crippen molar-refractivity contribution in [3.05, 3.63) is 34.9 Å². The maximum atomic E-state index is 12.0. The lowest BCUT2D eigenvalue weighted by atomic mass is 9.97. The van der Waals surface area contributed by atoms with Gasteiger partial charge in [-0.25, -0.2) is 4.79 Å². The summed E-state index contributed by atoms with van der Waals surface area (Å²) >= 11 is 5.79. The van der Waals surface area contributed by atoms with E-state index in [4.69, 9.17) is 16.3 Å². The highest BCUT2D eigenvalue weighted by molar-refractivity contribution is 6.30. The topological polar surface area (TPSA) is 58.6 Å². The summed E-state index contributed by atoms with van der Waals surface area (Å²) in [6.45, 7) is 1.97. The van der Waals surface area contributed by atoms with Gasteiger partial charge in [0, 0.05) is 30.2 Å². The normalized spacial score (nSPS) is 15.6. The molecule has 1 N–H and O–H groups in total. The van der Waals surface area contributed by atoms with Crippen LogP contribution in [0.1, 0.15) is 23.2 Å². The minimum atomic E-state index is -0.279. The standard InChI is InChI=1S/C15H19ClN2O3/c1-21-15(20)18-8-6-11(7-9-18)10-17-14(19)12-2-4-13(16)5-3-12/h2-5,11H,6-10H2,1H3,(H,17,19). The van der Waals surface area contributed by atoms with E-state index in [-0.39, 0.29) is 12.0 Å². The molecule has 0 unspecified atom stereocenters. The fourth-order valence-electron chi connectivity index (χ4n) is 2.39. The summed E-state index contributed by atoms with van der Waals surface area (Å²) in [5.41, 5.74) is 0.603. The van der Waals surface area contributed by atoms with Crippen LogP contribution in [0.4, 0.5) is 4.79 Å². The number of benzene rings is 1. The molecular weight excluding hydrogens is 292 g/mol. The first kappa shape index (κ1) is 15.6. The molecule has 0 aliphatic carbocycles. The molecule has 6 heteroatoms. The first-order valence-corrected chi connectivity index (χ1v) is 7.34. The third-order valence-corrected chi connectivity index (χ3v) is 3.96. The molecule has 0 saturated carbocycles. The van der Waals surface area contributed by atoms with Gasteiger partial charge in [-0.3, -0.25) is 4.79 Å². The molecular formula is C15H19ClN2O3. The first-order valence-electron chi connectivity index (χ1n) is 6.97. The minimum absolute atomic E-state index is 0.0953. The van der Waals surface area contributed by atoms with Crippen LogP contribution in [0.2, 0.25) is 5.02 Å². The van der Waals surface area contributed by atoms with E-state index in [0.29, 0.717) is 36.1 Å². The van der Waals surface area contributed by atoms with Gasteiger partial charge in [-0.2, -0.15) is 0 Å². The van der Waals surface area contributed by atoms with E-state index >= 15 is 0 Å². The molecule has 2 rings (SSSR count). The van der Waals surface area contributed by atoms with Crippen molar-refractivity contribution >= 4 is 23.6 Å². The molecule has 1 aliphatic heterocycles. The van der Waals surface area contributed by atoms with Crippen LogP contribution in [-0.2, 0) is 4.74 Å². The van der Waals surface area contributed by atoms with Gasteiger partial charge < -0.3 is 15.0 Å². The molecule has 0 bridgehead atoms. The monoisotopic (exact) mass is 310 g/mol. The van der Waals surface area contributed by atoms with Crippen molar-refractivity contribution in [2.45, 2.75) is 12.8 Å². The summed E-state index contributed by atoms with van der Waals surface area (Å²) in [7, 11) is 1.39. The van der Waals surface area contributed by atoms with E-state index < -0.39 is 0 Å². The predicted molar refractivity (Wildman–Crippen MR) is 80.5 cm³/mol. The second-order valence-electron chi connectivity index (χ2n) is 5.12. The zero-order valence-corrected chi connectivity index (χ0v) is 12.7. The Hall–Kier alpha value is -1.75. The Morgan fingerprint density at radius 1 is 1.29 bits per heavy atom. The maximum Gasteiger partial charge on any atom is 0.409 e. The molecule has 114 valence electrons. The Balaban J connectivity index is 1.75. The smallest absolute Gasteiger partial charge is 0.409 e. The van der Waals surface area contributed by atoms with Gasteiger partial charge in [0.1, 0.15) is 0 Å². The van der Waals surface area contributed by atoms with Gasteiger partial charge in [0.05, 0.1) is 7.11 Å².